The lowest BCUT2D eigenvalue weighted by molar-refractivity contribution is -0.0482. The topological polar surface area (TPSA) is 57.0 Å². The summed E-state index contributed by atoms with van der Waals surface area (Å²) in [4.78, 5) is 7.24. The summed E-state index contributed by atoms with van der Waals surface area (Å²) in [5.41, 5.74) is 0. The summed E-state index contributed by atoms with van der Waals surface area (Å²) in [6, 6.07) is 2.34. The molecular weight excluding hydrogens is 306 g/mol. The molecule has 3 rings (SSSR count). The lowest BCUT2D eigenvalue weighted by atomic mass is 10.1. The highest BCUT2D eigenvalue weighted by atomic mass is 16.5. The molecule has 3 atom stereocenters. The van der Waals surface area contributed by atoms with E-state index in [9.17, 15) is 5.11 Å². The second-order valence-corrected chi connectivity index (χ2v) is 7.24. The van der Waals surface area contributed by atoms with Gasteiger partial charge in [0.15, 0.2) is 0 Å². The predicted molar refractivity (Wildman–Crippen MR) is 92.9 cm³/mol. The zero-order chi connectivity index (χ0) is 16.9. The average Bonchev–Trinajstić information content (AvgIpc) is 3.03. The Kier molecular flexibility index (Phi) is 6.24. The van der Waals surface area contributed by atoms with Crippen LogP contribution in [0.4, 0.5) is 0 Å². The number of piperazine rings is 1. The van der Waals surface area contributed by atoms with Crippen LogP contribution in [0.5, 0.6) is 0 Å². The molecule has 0 aliphatic carbocycles. The Morgan fingerprint density at radius 1 is 1.25 bits per heavy atom. The highest BCUT2D eigenvalue weighted by Crippen LogP contribution is 2.13. The van der Waals surface area contributed by atoms with Crippen molar-refractivity contribution >= 4 is 0 Å². The molecule has 2 fully saturated rings. The summed E-state index contributed by atoms with van der Waals surface area (Å²) in [5, 5.41) is 14.5. The molecule has 2 saturated heterocycles. The number of ether oxygens (including phenoxy) is 1. The average molecular weight is 337 g/mol. The lowest BCUT2D eigenvalue weighted by Crippen LogP contribution is -2.56. The van der Waals surface area contributed by atoms with Gasteiger partial charge in [0.25, 0.3) is 0 Å². The maximum absolute atomic E-state index is 10.3. The molecule has 1 aromatic rings. The first-order chi connectivity index (χ1) is 11.6. The van der Waals surface area contributed by atoms with Crippen LogP contribution in [0, 0.1) is 0 Å². The third-order valence-electron chi connectivity index (χ3n) is 5.06. The number of likely N-dealkylation sites (N-methyl/N-ethyl adjacent to an activating group) is 1. The van der Waals surface area contributed by atoms with Gasteiger partial charge in [-0.1, -0.05) is 0 Å². The van der Waals surface area contributed by atoms with Gasteiger partial charge in [-0.2, -0.15) is 5.10 Å². The smallest absolute Gasteiger partial charge is 0.0862 e. The number of aliphatic hydroxyl groups excluding tert-OH is 1. The van der Waals surface area contributed by atoms with Crippen LogP contribution in [0.2, 0.25) is 0 Å². The number of hydrogen-bond acceptors (Lipinski definition) is 6. The van der Waals surface area contributed by atoms with Crippen LogP contribution in [0.1, 0.15) is 6.92 Å². The summed E-state index contributed by atoms with van der Waals surface area (Å²) in [6.45, 7) is 10.5. The van der Waals surface area contributed by atoms with Crippen molar-refractivity contribution in [2.75, 3.05) is 59.5 Å². The van der Waals surface area contributed by atoms with Gasteiger partial charge in [-0.3, -0.25) is 14.5 Å². The minimum Gasteiger partial charge on any atom is -0.390 e. The second-order valence-electron chi connectivity index (χ2n) is 7.24. The second kappa shape index (κ2) is 8.40. The summed E-state index contributed by atoms with van der Waals surface area (Å²) in [7, 11) is 2.16. The van der Waals surface area contributed by atoms with Gasteiger partial charge in [-0.05, 0) is 20.0 Å². The molecule has 0 bridgehead atoms. The fourth-order valence-corrected chi connectivity index (χ4v) is 3.73. The number of nitrogens with zero attached hydrogens (tertiary/aromatic N) is 5. The zero-order valence-electron chi connectivity index (χ0n) is 14.9. The Morgan fingerprint density at radius 2 is 2.12 bits per heavy atom. The van der Waals surface area contributed by atoms with Crippen LogP contribution in [-0.2, 0) is 11.3 Å². The molecule has 2 aliphatic heterocycles. The normalized spacial score (nSPS) is 29.0. The molecule has 24 heavy (non-hydrogen) atoms. The van der Waals surface area contributed by atoms with Crippen LogP contribution in [0.15, 0.2) is 18.5 Å². The Labute approximate surface area is 144 Å². The Bertz CT molecular complexity index is 483. The summed E-state index contributed by atoms with van der Waals surface area (Å²) in [6.07, 6.45) is 3.59. The molecule has 1 N–H and O–H groups in total. The van der Waals surface area contributed by atoms with Gasteiger partial charge < -0.3 is 14.7 Å². The molecule has 3 unspecified atom stereocenters. The van der Waals surface area contributed by atoms with Crippen molar-refractivity contribution in [3.05, 3.63) is 18.5 Å². The lowest BCUT2D eigenvalue weighted by Gasteiger charge is -2.42. The van der Waals surface area contributed by atoms with E-state index in [1.54, 1.807) is 10.9 Å². The van der Waals surface area contributed by atoms with E-state index in [0.29, 0.717) is 25.2 Å². The Morgan fingerprint density at radius 3 is 2.83 bits per heavy atom. The largest absolute Gasteiger partial charge is 0.390 e. The minimum atomic E-state index is -0.380. The molecule has 7 nitrogen and oxygen atoms in total. The maximum atomic E-state index is 10.3. The molecule has 0 radical (unpaired) electrons. The van der Waals surface area contributed by atoms with Gasteiger partial charge in [0.1, 0.15) is 0 Å². The van der Waals surface area contributed by atoms with Crippen LogP contribution in [-0.4, -0.2) is 107 Å². The predicted octanol–water partition coefficient (Wildman–Crippen LogP) is -0.419. The van der Waals surface area contributed by atoms with Crippen molar-refractivity contribution in [2.45, 2.75) is 31.7 Å². The minimum absolute atomic E-state index is 0.327. The molecule has 1 aromatic heterocycles. The van der Waals surface area contributed by atoms with Gasteiger partial charge in [-0.25, -0.2) is 0 Å². The van der Waals surface area contributed by atoms with Gasteiger partial charge in [0.2, 0.25) is 0 Å². The van der Waals surface area contributed by atoms with Crippen LogP contribution < -0.4 is 0 Å². The summed E-state index contributed by atoms with van der Waals surface area (Å²) < 4.78 is 7.68. The number of β-amino-alcohol motifs (C(OH)–C–C–N with tert-alkyl or cyclic N) is 1. The van der Waals surface area contributed by atoms with Gasteiger partial charge >= 0.3 is 0 Å². The highest BCUT2D eigenvalue weighted by molar-refractivity contribution is 4.84. The molecule has 2 aliphatic rings. The van der Waals surface area contributed by atoms with E-state index < -0.39 is 0 Å². The van der Waals surface area contributed by atoms with E-state index in [0.717, 1.165) is 45.9 Å². The third-order valence-corrected chi connectivity index (χ3v) is 5.06. The Balaban J connectivity index is 1.41. The molecule has 3 heterocycles. The van der Waals surface area contributed by atoms with E-state index in [2.05, 4.69) is 33.8 Å². The first-order valence-corrected chi connectivity index (χ1v) is 9.02. The van der Waals surface area contributed by atoms with Gasteiger partial charge in [-0.15, -0.1) is 0 Å². The number of aromatic nitrogens is 2. The van der Waals surface area contributed by atoms with E-state index >= 15 is 0 Å². The van der Waals surface area contributed by atoms with Crippen molar-refractivity contribution < 1.29 is 9.84 Å². The van der Waals surface area contributed by atoms with Crippen molar-refractivity contribution in [3.63, 3.8) is 0 Å². The first kappa shape index (κ1) is 17.8. The number of rotatable bonds is 6. The fourth-order valence-electron chi connectivity index (χ4n) is 3.73. The van der Waals surface area contributed by atoms with Crippen LogP contribution in [0.25, 0.3) is 0 Å². The monoisotopic (exact) mass is 337 g/mol. The summed E-state index contributed by atoms with van der Waals surface area (Å²) >= 11 is 0. The quantitative estimate of drug-likeness (QED) is 0.761. The molecule has 0 saturated carbocycles. The van der Waals surface area contributed by atoms with E-state index in [1.165, 1.54) is 0 Å². The number of hydrogen-bond donors (Lipinski definition) is 1. The standard InChI is InChI=1S/C17H31N5O2/c1-15-10-20(14-17-13-19(2)8-9-24-17)6-7-21(15)11-16(23)12-22-5-3-4-18-22/h3-5,15-17,23H,6-14H2,1-2H3. The molecule has 0 amide bonds. The van der Waals surface area contributed by atoms with Crippen molar-refractivity contribution in [2.24, 2.45) is 0 Å². The van der Waals surface area contributed by atoms with Crippen molar-refractivity contribution in [1.29, 1.82) is 0 Å². The van der Waals surface area contributed by atoms with Crippen molar-refractivity contribution in [3.8, 4) is 0 Å². The fraction of sp³-hybridized carbons (Fsp3) is 0.824. The SMILES string of the molecule is CC1CN(CC2CN(C)CCO2)CCN1CC(O)Cn1cccn1. The number of aliphatic hydroxyl groups is 1. The number of morpholine rings is 1. The Hall–Kier alpha value is -0.990. The molecule has 0 aromatic carbocycles. The van der Waals surface area contributed by atoms with E-state index in [-0.39, 0.29) is 6.10 Å². The third kappa shape index (κ3) is 5.00. The van der Waals surface area contributed by atoms with Gasteiger partial charge in [0, 0.05) is 64.2 Å². The zero-order valence-corrected chi connectivity index (χ0v) is 14.9. The van der Waals surface area contributed by atoms with E-state index in [1.807, 2.05) is 12.3 Å². The molecule has 136 valence electrons. The summed E-state index contributed by atoms with van der Waals surface area (Å²) in [5.74, 6) is 0. The first-order valence-electron chi connectivity index (χ1n) is 9.02. The van der Waals surface area contributed by atoms with Crippen molar-refractivity contribution in [1.82, 2.24) is 24.5 Å². The maximum Gasteiger partial charge on any atom is 0.0862 e. The van der Waals surface area contributed by atoms with E-state index in [4.69, 9.17) is 4.74 Å². The van der Waals surface area contributed by atoms with Crippen LogP contribution >= 0.6 is 0 Å². The van der Waals surface area contributed by atoms with Gasteiger partial charge in [0.05, 0.1) is 25.4 Å². The molecule has 7 heteroatoms. The van der Waals surface area contributed by atoms with Crippen LogP contribution in [0.3, 0.4) is 0 Å². The highest BCUT2D eigenvalue weighted by Gasteiger charge is 2.28. The molecular formula is C17H31N5O2. The molecule has 0 spiro atoms.